The van der Waals surface area contributed by atoms with Crippen molar-refractivity contribution in [2.75, 3.05) is 6.61 Å². The smallest absolute Gasteiger partial charge is 0.317 e. The van der Waals surface area contributed by atoms with Gasteiger partial charge in [0.2, 0.25) is 0 Å². The molecule has 3 atom stereocenters. The summed E-state index contributed by atoms with van der Waals surface area (Å²) in [5, 5.41) is 0. The highest BCUT2D eigenvalue weighted by molar-refractivity contribution is 5.85. The highest BCUT2D eigenvalue weighted by Crippen LogP contribution is 2.54. The van der Waals surface area contributed by atoms with Crippen molar-refractivity contribution < 1.29 is 9.53 Å². The first-order valence-electron chi connectivity index (χ1n) is 6.68. The van der Waals surface area contributed by atoms with Crippen LogP contribution in [0.2, 0.25) is 0 Å². The van der Waals surface area contributed by atoms with Crippen LogP contribution in [0.1, 0.15) is 25.3 Å². The molecule has 0 saturated heterocycles. The molecule has 1 aromatic rings. The van der Waals surface area contributed by atoms with Gasteiger partial charge in [-0.1, -0.05) is 42.5 Å². The van der Waals surface area contributed by atoms with Crippen LogP contribution in [-0.4, -0.2) is 12.6 Å². The van der Waals surface area contributed by atoms with Crippen LogP contribution in [0.5, 0.6) is 0 Å². The molecule has 3 rings (SSSR count). The zero-order valence-corrected chi connectivity index (χ0v) is 10.6. The Balaban J connectivity index is 2.05. The summed E-state index contributed by atoms with van der Waals surface area (Å²) in [6, 6.07) is 10.1. The first-order chi connectivity index (χ1) is 8.77. The quantitative estimate of drug-likeness (QED) is 0.601. The molecule has 2 nitrogen and oxygen atoms in total. The van der Waals surface area contributed by atoms with Gasteiger partial charge in [0.15, 0.2) is 0 Å². The average Bonchev–Trinajstić information content (AvgIpc) is 3.01. The number of hydrogen-bond acceptors (Lipinski definition) is 2. The van der Waals surface area contributed by atoms with Crippen LogP contribution in [-0.2, 0) is 14.9 Å². The van der Waals surface area contributed by atoms with Crippen LogP contribution in [0.4, 0.5) is 0 Å². The molecule has 2 aliphatic rings. The van der Waals surface area contributed by atoms with E-state index in [0.29, 0.717) is 18.4 Å². The van der Waals surface area contributed by atoms with Gasteiger partial charge < -0.3 is 4.74 Å². The molecule has 1 aromatic carbocycles. The van der Waals surface area contributed by atoms with E-state index in [1.54, 1.807) is 0 Å². The fourth-order valence-corrected chi connectivity index (χ4v) is 3.54. The first-order valence-corrected chi connectivity index (χ1v) is 6.68. The molecule has 0 aliphatic heterocycles. The molecule has 0 heterocycles. The van der Waals surface area contributed by atoms with Gasteiger partial charge >= 0.3 is 5.97 Å². The van der Waals surface area contributed by atoms with Crippen molar-refractivity contribution in [1.29, 1.82) is 0 Å². The van der Waals surface area contributed by atoms with Gasteiger partial charge in [-0.15, -0.1) is 0 Å². The third-order valence-corrected chi connectivity index (χ3v) is 4.32. The minimum atomic E-state index is -0.434. The van der Waals surface area contributed by atoms with E-state index in [4.69, 9.17) is 4.74 Å². The third-order valence-electron chi connectivity index (χ3n) is 4.32. The van der Waals surface area contributed by atoms with Crippen molar-refractivity contribution in [3.05, 3.63) is 48.0 Å². The number of fused-ring (bicyclic) bond motifs is 2. The second-order valence-electron chi connectivity index (χ2n) is 5.25. The number of carbonyl (C=O) groups excluding carboxylic acids is 1. The lowest BCUT2D eigenvalue weighted by molar-refractivity contribution is -0.151. The molecule has 1 fully saturated rings. The Morgan fingerprint density at radius 2 is 2.11 bits per heavy atom. The lowest BCUT2D eigenvalue weighted by atomic mass is 9.70. The van der Waals surface area contributed by atoms with Crippen LogP contribution in [0.15, 0.2) is 42.5 Å². The molecular weight excluding hydrogens is 224 g/mol. The minimum absolute atomic E-state index is 0.0481. The van der Waals surface area contributed by atoms with E-state index in [2.05, 4.69) is 24.3 Å². The largest absolute Gasteiger partial charge is 0.465 e. The van der Waals surface area contributed by atoms with Crippen LogP contribution < -0.4 is 0 Å². The highest BCUT2D eigenvalue weighted by atomic mass is 16.5. The van der Waals surface area contributed by atoms with Crippen LogP contribution in [0, 0.1) is 11.8 Å². The van der Waals surface area contributed by atoms with E-state index in [1.165, 1.54) is 0 Å². The van der Waals surface area contributed by atoms with Crippen molar-refractivity contribution in [3.63, 3.8) is 0 Å². The number of rotatable bonds is 3. The third kappa shape index (κ3) is 1.52. The van der Waals surface area contributed by atoms with Gasteiger partial charge in [-0.05, 0) is 37.2 Å². The Bertz CT molecular complexity index is 477. The SMILES string of the molecule is CCOC(=O)[C@]1(c2ccccc2)C[C@@H]2C=C[C@H]1C2. The Morgan fingerprint density at radius 3 is 2.67 bits per heavy atom. The molecule has 2 heteroatoms. The second kappa shape index (κ2) is 4.27. The number of carbonyl (C=O) groups is 1. The summed E-state index contributed by atoms with van der Waals surface area (Å²) in [4.78, 5) is 12.5. The maximum absolute atomic E-state index is 12.5. The minimum Gasteiger partial charge on any atom is -0.465 e. The number of allylic oxidation sites excluding steroid dienone is 2. The fraction of sp³-hybridized carbons (Fsp3) is 0.438. The molecule has 0 aromatic heterocycles. The molecule has 0 N–H and O–H groups in total. The lowest BCUT2D eigenvalue weighted by Gasteiger charge is -2.33. The molecule has 0 radical (unpaired) electrons. The summed E-state index contributed by atoms with van der Waals surface area (Å²) in [7, 11) is 0. The van der Waals surface area contributed by atoms with Gasteiger partial charge in [0.1, 0.15) is 0 Å². The van der Waals surface area contributed by atoms with Crippen LogP contribution >= 0.6 is 0 Å². The molecule has 1 saturated carbocycles. The summed E-state index contributed by atoms with van der Waals surface area (Å²) < 4.78 is 5.36. The van der Waals surface area contributed by atoms with Gasteiger partial charge in [0, 0.05) is 0 Å². The Hall–Kier alpha value is -1.57. The average molecular weight is 242 g/mol. The van der Waals surface area contributed by atoms with Crippen molar-refractivity contribution in [1.82, 2.24) is 0 Å². The predicted octanol–water partition coefficient (Wildman–Crippen LogP) is 3.08. The number of esters is 1. The molecule has 2 aliphatic carbocycles. The molecule has 94 valence electrons. The highest BCUT2D eigenvalue weighted by Gasteiger charge is 2.55. The van der Waals surface area contributed by atoms with Gasteiger partial charge in [0.25, 0.3) is 0 Å². The summed E-state index contributed by atoms with van der Waals surface area (Å²) in [6.45, 7) is 2.33. The van der Waals surface area contributed by atoms with Gasteiger partial charge in [-0.25, -0.2) is 0 Å². The normalized spacial score (nSPS) is 32.7. The standard InChI is InChI=1S/C16H18O2/c1-2-18-15(17)16(13-6-4-3-5-7-13)11-12-8-9-14(16)10-12/h3-9,12,14H,2,10-11H2,1H3/t12-,14+,16+/m1/s1. The lowest BCUT2D eigenvalue weighted by Crippen LogP contribution is -2.41. The second-order valence-corrected chi connectivity index (χ2v) is 5.25. The molecule has 0 amide bonds. The van der Waals surface area contributed by atoms with E-state index in [-0.39, 0.29) is 5.97 Å². The Morgan fingerprint density at radius 1 is 1.33 bits per heavy atom. The molecular formula is C16H18O2. The fourth-order valence-electron chi connectivity index (χ4n) is 3.54. The van der Waals surface area contributed by atoms with E-state index in [1.807, 2.05) is 25.1 Å². The number of hydrogen-bond donors (Lipinski definition) is 0. The van der Waals surface area contributed by atoms with Gasteiger partial charge in [-0.2, -0.15) is 0 Å². The van der Waals surface area contributed by atoms with Gasteiger partial charge in [0.05, 0.1) is 12.0 Å². The summed E-state index contributed by atoms with van der Waals surface area (Å²) in [6.07, 6.45) is 6.45. The zero-order chi connectivity index (χ0) is 12.6. The molecule has 0 unspecified atom stereocenters. The summed E-state index contributed by atoms with van der Waals surface area (Å²) in [5.41, 5.74) is 0.678. The Kier molecular flexibility index (Phi) is 2.73. The van der Waals surface area contributed by atoms with Gasteiger partial charge in [-0.3, -0.25) is 4.79 Å². The van der Waals surface area contributed by atoms with Crippen LogP contribution in [0.25, 0.3) is 0 Å². The number of benzene rings is 1. The van der Waals surface area contributed by atoms with Crippen LogP contribution in [0.3, 0.4) is 0 Å². The van der Waals surface area contributed by atoms with Crippen molar-refractivity contribution >= 4 is 5.97 Å². The Labute approximate surface area is 108 Å². The van der Waals surface area contributed by atoms with Crippen molar-refractivity contribution in [3.8, 4) is 0 Å². The van der Waals surface area contributed by atoms with E-state index in [9.17, 15) is 4.79 Å². The van der Waals surface area contributed by atoms with E-state index >= 15 is 0 Å². The summed E-state index contributed by atoms with van der Waals surface area (Å²) >= 11 is 0. The predicted molar refractivity (Wildman–Crippen MR) is 70.1 cm³/mol. The van der Waals surface area contributed by atoms with Crippen molar-refractivity contribution in [2.24, 2.45) is 11.8 Å². The van der Waals surface area contributed by atoms with E-state index < -0.39 is 5.41 Å². The summed E-state index contributed by atoms with van der Waals surface area (Å²) in [5.74, 6) is 0.802. The number of ether oxygens (including phenoxy) is 1. The molecule has 18 heavy (non-hydrogen) atoms. The maximum Gasteiger partial charge on any atom is 0.317 e. The topological polar surface area (TPSA) is 26.3 Å². The maximum atomic E-state index is 12.5. The first kappa shape index (κ1) is 11.5. The van der Waals surface area contributed by atoms with Crippen molar-refractivity contribution in [2.45, 2.75) is 25.2 Å². The van der Waals surface area contributed by atoms with E-state index in [0.717, 1.165) is 18.4 Å². The monoisotopic (exact) mass is 242 g/mol. The zero-order valence-electron chi connectivity index (χ0n) is 10.6. The molecule has 0 spiro atoms. The molecule has 2 bridgehead atoms.